The molecule has 140 valence electrons. The first kappa shape index (κ1) is 18.7. The molecule has 0 fully saturated rings. The number of aryl methyl sites for hydroxylation is 2. The summed E-state index contributed by atoms with van der Waals surface area (Å²) in [5.41, 5.74) is 4.22. The van der Waals surface area contributed by atoms with Crippen LogP contribution in [0.1, 0.15) is 34.0 Å². The number of carbonyl (C=O) groups is 2. The molecule has 0 aliphatic heterocycles. The predicted molar refractivity (Wildman–Crippen MR) is 102 cm³/mol. The van der Waals surface area contributed by atoms with Crippen molar-refractivity contribution in [2.45, 2.75) is 33.3 Å². The average molecular weight is 366 g/mol. The number of methoxy groups -OCH3 is 1. The van der Waals surface area contributed by atoms with Gasteiger partial charge in [-0.15, -0.1) is 0 Å². The van der Waals surface area contributed by atoms with Crippen molar-refractivity contribution >= 4 is 22.7 Å². The minimum atomic E-state index is -0.868. The Balaban J connectivity index is 1.68. The van der Waals surface area contributed by atoms with Crippen molar-refractivity contribution in [2.24, 2.45) is 0 Å². The molecular weight excluding hydrogens is 344 g/mol. The van der Waals surface area contributed by atoms with Crippen molar-refractivity contribution < 1.29 is 23.5 Å². The van der Waals surface area contributed by atoms with E-state index in [0.717, 1.165) is 27.7 Å². The zero-order valence-corrected chi connectivity index (χ0v) is 15.9. The van der Waals surface area contributed by atoms with Crippen LogP contribution in [0.15, 0.2) is 47.1 Å². The minimum Gasteiger partial charge on any atom is -0.497 e. The van der Waals surface area contributed by atoms with Gasteiger partial charge >= 0.3 is 5.97 Å². The van der Waals surface area contributed by atoms with Gasteiger partial charge in [0.15, 0.2) is 6.10 Å². The fraction of sp³-hybridized carbons (Fsp3) is 0.273. The number of fused-ring (bicyclic) bond motifs is 1. The fourth-order valence-electron chi connectivity index (χ4n) is 2.91. The van der Waals surface area contributed by atoms with E-state index in [1.165, 1.54) is 0 Å². The van der Waals surface area contributed by atoms with Crippen LogP contribution in [0.2, 0.25) is 0 Å². The molecule has 1 atom stereocenters. The number of ether oxygens (including phenoxy) is 2. The largest absolute Gasteiger partial charge is 0.497 e. The van der Waals surface area contributed by atoms with E-state index < -0.39 is 12.1 Å². The number of benzene rings is 2. The fourth-order valence-corrected chi connectivity index (χ4v) is 2.91. The van der Waals surface area contributed by atoms with Gasteiger partial charge in [-0.2, -0.15) is 0 Å². The maximum Gasteiger partial charge on any atom is 0.311 e. The maximum atomic E-state index is 12.4. The third-order valence-electron chi connectivity index (χ3n) is 4.66. The second-order valence-electron chi connectivity index (χ2n) is 6.60. The van der Waals surface area contributed by atoms with Crippen LogP contribution in [0.5, 0.6) is 5.75 Å². The van der Waals surface area contributed by atoms with Gasteiger partial charge in [-0.1, -0.05) is 0 Å². The van der Waals surface area contributed by atoms with Crippen LogP contribution >= 0.6 is 0 Å². The number of hydrogen-bond acceptors (Lipinski definition) is 5. The van der Waals surface area contributed by atoms with E-state index in [0.29, 0.717) is 11.3 Å². The molecule has 1 heterocycles. The molecule has 0 bridgehead atoms. The Morgan fingerprint density at radius 1 is 1.07 bits per heavy atom. The van der Waals surface area contributed by atoms with Crippen LogP contribution in [-0.2, 0) is 16.0 Å². The Morgan fingerprint density at radius 3 is 2.41 bits per heavy atom. The summed E-state index contributed by atoms with van der Waals surface area (Å²) < 4.78 is 16.0. The first-order valence-electron chi connectivity index (χ1n) is 8.74. The van der Waals surface area contributed by atoms with Crippen molar-refractivity contribution in [2.75, 3.05) is 7.11 Å². The van der Waals surface area contributed by atoms with E-state index in [1.54, 1.807) is 44.6 Å². The van der Waals surface area contributed by atoms with Gasteiger partial charge in [-0.25, -0.2) is 0 Å². The zero-order valence-electron chi connectivity index (χ0n) is 15.9. The third kappa shape index (κ3) is 4.03. The van der Waals surface area contributed by atoms with Crippen molar-refractivity contribution in [3.63, 3.8) is 0 Å². The Hall–Kier alpha value is -3.08. The summed E-state index contributed by atoms with van der Waals surface area (Å²) in [5, 5.41) is 0.893. The molecule has 0 unspecified atom stereocenters. The minimum absolute atomic E-state index is 0.0513. The van der Waals surface area contributed by atoms with E-state index in [9.17, 15) is 9.59 Å². The van der Waals surface area contributed by atoms with Gasteiger partial charge in [-0.05, 0) is 68.3 Å². The van der Waals surface area contributed by atoms with Crippen molar-refractivity contribution in [1.29, 1.82) is 0 Å². The molecule has 3 rings (SSSR count). The van der Waals surface area contributed by atoms with Crippen molar-refractivity contribution in [1.82, 2.24) is 0 Å². The SMILES string of the molecule is COc1ccc(C(=O)[C@H](C)OC(=O)Cc2coc3cc(C)c(C)cc23)cc1. The van der Waals surface area contributed by atoms with Crippen molar-refractivity contribution in [3.05, 3.63) is 64.9 Å². The van der Waals surface area contributed by atoms with Crippen LogP contribution in [0, 0.1) is 13.8 Å². The van der Waals surface area contributed by atoms with Crippen LogP contribution < -0.4 is 4.74 Å². The summed E-state index contributed by atoms with van der Waals surface area (Å²) in [6.45, 7) is 5.60. The number of esters is 1. The number of ketones is 1. The Labute approximate surface area is 157 Å². The molecule has 1 aromatic heterocycles. The summed E-state index contributed by atoms with van der Waals surface area (Å²) in [6, 6.07) is 10.7. The molecule has 0 amide bonds. The van der Waals surface area contributed by atoms with Crippen LogP contribution in [0.3, 0.4) is 0 Å². The quantitative estimate of drug-likeness (QED) is 0.477. The van der Waals surface area contributed by atoms with E-state index in [4.69, 9.17) is 13.9 Å². The molecule has 0 spiro atoms. The van der Waals surface area contributed by atoms with E-state index >= 15 is 0 Å². The molecule has 0 saturated carbocycles. The number of hydrogen-bond donors (Lipinski definition) is 0. The zero-order chi connectivity index (χ0) is 19.6. The van der Waals surface area contributed by atoms with Gasteiger partial charge in [0.05, 0.1) is 19.8 Å². The topological polar surface area (TPSA) is 65.7 Å². The highest BCUT2D eigenvalue weighted by Gasteiger charge is 2.21. The van der Waals surface area contributed by atoms with E-state index in [2.05, 4.69) is 0 Å². The molecule has 27 heavy (non-hydrogen) atoms. The first-order chi connectivity index (χ1) is 12.9. The summed E-state index contributed by atoms with van der Waals surface area (Å²) in [6.07, 6.45) is 0.754. The lowest BCUT2D eigenvalue weighted by molar-refractivity contribution is -0.145. The number of carbonyl (C=O) groups excluding carboxylic acids is 2. The number of furan rings is 1. The monoisotopic (exact) mass is 366 g/mol. The third-order valence-corrected chi connectivity index (χ3v) is 4.66. The summed E-state index contributed by atoms with van der Waals surface area (Å²) >= 11 is 0. The highest BCUT2D eigenvalue weighted by atomic mass is 16.5. The molecule has 5 heteroatoms. The highest BCUT2D eigenvalue weighted by molar-refractivity contribution is 6.00. The smallest absolute Gasteiger partial charge is 0.311 e. The van der Waals surface area contributed by atoms with Crippen LogP contribution in [0.25, 0.3) is 11.0 Å². The van der Waals surface area contributed by atoms with Gasteiger partial charge in [0, 0.05) is 16.5 Å². The molecule has 0 radical (unpaired) electrons. The van der Waals surface area contributed by atoms with Gasteiger partial charge < -0.3 is 13.9 Å². The molecule has 3 aromatic rings. The lowest BCUT2D eigenvalue weighted by Gasteiger charge is -2.12. The lowest BCUT2D eigenvalue weighted by atomic mass is 10.0. The van der Waals surface area contributed by atoms with Crippen LogP contribution in [-0.4, -0.2) is 25.0 Å². The van der Waals surface area contributed by atoms with Gasteiger partial charge in [0.1, 0.15) is 11.3 Å². The maximum absolute atomic E-state index is 12.4. The normalized spacial score (nSPS) is 12.0. The second-order valence-corrected chi connectivity index (χ2v) is 6.60. The molecule has 2 aromatic carbocycles. The van der Waals surface area contributed by atoms with E-state index in [-0.39, 0.29) is 12.2 Å². The van der Waals surface area contributed by atoms with Gasteiger partial charge in [-0.3, -0.25) is 9.59 Å². The molecular formula is C22H22O5. The van der Waals surface area contributed by atoms with Gasteiger partial charge in [0.2, 0.25) is 5.78 Å². The molecule has 0 N–H and O–H groups in total. The summed E-state index contributed by atoms with van der Waals surface area (Å²) in [4.78, 5) is 24.8. The molecule has 0 aliphatic carbocycles. The summed E-state index contributed by atoms with van der Waals surface area (Å²) in [5.74, 6) is -0.0617. The van der Waals surface area contributed by atoms with Crippen LogP contribution in [0.4, 0.5) is 0 Å². The Kier molecular flexibility index (Phi) is 5.31. The first-order valence-corrected chi connectivity index (χ1v) is 8.74. The van der Waals surface area contributed by atoms with Gasteiger partial charge in [0.25, 0.3) is 0 Å². The highest BCUT2D eigenvalue weighted by Crippen LogP contribution is 2.25. The lowest BCUT2D eigenvalue weighted by Crippen LogP contribution is -2.25. The number of Topliss-reactive ketones (excluding diaryl/α,β-unsaturated/α-hetero) is 1. The van der Waals surface area contributed by atoms with Crippen molar-refractivity contribution in [3.8, 4) is 5.75 Å². The molecule has 5 nitrogen and oxygen atoms in total. The molecule has 0 aliphatic rings. The standard InChI is InChI=1S/C22H22O5/c1-13-9-19-17(12-26-20(19)10-14(13)2)11-21(23)27-15(3)22(24)16-5-7-18(25-4)8-6-16/h5-10,12,15H,11H2,1-4H3/t15-/m0/s1. The average Bonchev–Trinajstić information content (AvgIpc) is 3.03. The Morgan fingerprint density at radius 2 is 1.74 bits per heavy atom. The number of rotatable bonds is 6. The second kappa shape index (κ2) is 7.66. The Bertz CT molecular complexity index is 982. The predicted octanol–water partition coefficient (Wildman–Crippen LogP) is 4.42. The van der Waals surface area contributed by atoms with E-state index in [1.807, 2.05) is 26.0 Å². The molecule has 0 saturated heterocycles. The summed E-state index contributed by atoms with van der Waals surface area (Å²) in [7, 11) is 1.56.